The van der Waals surface area contributed by atoms with Gasteiger partial charge >= 0.3 is 0 Å². The minimum absolute atomic E-state index is 0.0775. The van der Waals surface area contributed by atoms with E-state index in [4.69, 9.17) is 4.98 Å². The Kier molecular flexibility index (Phi) is 5.03. The smallest absolute Gasteiger partial charge is 0.209 e. The van der Waals surface area contributed by atoms with E-state index in [1.807, 2.05) is 23.6 Å². The maximum absolute atomic E-state index is 12.3. The zero-order valence-electron chi connectivity index (χ0n) is 19.2. The molecule has 0 aromatic carbocycles. The number of anilines is 1. The minimum atomic E-state index is -1.09. The van der Waals surface area contributed by atoms with Gasteiger partial charge in [-0.3, -0.25) is 4.79 Å². The molecule has 8 nitrogen and oxygen atoms in total. The summed E-state index contributed by atoms with van der Waals surface area (Å²) in [5.74, 6) is 7.65. The zero-order valence-corrected chi connectivity index (χ0v) is 20.0. The van der Waals surface area contributed by atoms with Crippen molar-refractivity contribution in [2.75, 3.05) is 11.9 Å². The van der Waals surface area contributed by atoms with Crippen molar-refractivity contribution in [2.45, 2.75) is 57.8 Å². The molecule has 9 heteroatoms. The summed E-state index contributed by atoms with van der Waals surface area (Å²) in [6, 6.07) is 3.54. The molecule has 3 N–H and O–H groups in total. The molecule has 3 aromatic rings. The van der Waals surface area contributed by atoms with Crippen LogP contribution >= 0.6 is 11.3 Å². The Hall–Kier alpha value is -2.80. The molecular weight excluding hydrogens is 450 g/mol. The third-order valence-electron chi connectivity index (χ3n) is 7.89. The van der Waals surface area contributed by atoms with Crippen molar-refractivity contribution < 1.29 is 15.0 Å². The number of hydrogen-bond acceptors (Lipinski definition) is 8. The fraction of sp³-hybridized carbons (Fsp3) is 0.520. The highest BCUT2D eigenvalue weighted by Gasteiger charge is 2.74. The largest absolute Gasteiger partial charge is 0.389 e. The molecular formula is C25H27N5O3S. The lowest BCUT2D eigenvalue weighted by molar-refractivity contribution is -0.128. The number of aliphatic hydroxyl groups is 2. The third-order valence-corrected chi connectivity index (χ3v) is 8.81. The van der Waals surface area contributed by atoms with Crippen LogP contribution in [0.3, 0.4) is 0 Å². The van der Waals surface area contributed by atoms with Crippen LogP contribution < -0.4 is 5.32 Å². The average molecular weight is 478 g/mol. The Labute approximate surface area is 201 Å². The molecule has 0 radical (unpaired) electrons. The van der Waals surface area contributed by atoms with Crippen molar-refractivity contribution in [1.82, 2.24) is 19.5 Å². The summed E-state index contributed by atoms with van der Waals surface area (Å²) in [6.45, 7) is 4.35. The Balaban J connectivity index is 1.41. The van der Waals surface area contributed by atoms with Crippen LogP contribution in [0, 0.1) is 36.0 Å². The molecule has 34 heavy (non-hydrogen) atoms. The molecule has 0 spiro atoms. The number of carbonyl (C=O) groups excluding carboxylic acids is 1. The predicted molar refractivity (Wildman–Crippen MR) is 128 cm³/mol. The molecule has 6 rings (SSSR count). The van der Waals surface area contributed by atoms with Crippen molar-refractivity contribution in [3.8, 4) is 11.8 Å². The number of aromatic nitrogens is 4. The van der Waals surface area contributed by atoms with Gasteiger partial charge in [0.05, 0.1) is 28.8 Å². The monoisotopic (exact) mass is 477 g/mol. The second-order valence-electron chi connectivity index (χ2n) is 9.89. The number of aliphatic hydroxyl groups excluding tert-OH is 2. The molecule has 0 bridgehead atoms. The summed E-state index contributed by atoms with van der Waals surface area (Å²) in [5, 5.41) is 25.0. The van der Waals surface area contributed by atoms with E-state index in [2.05, 4.69) is 27.1 Å². The number of fused-ring (bicyclic) bond motifs is 2. The van der Waals surface area contributed by atoms with E-state index in [0.717, 1.165) is 11.4 Å². The lowest BCUT2D eigenvalue weighted by Crippen LogP contribution is -2.36. The van der Waals surface area contributed by atoms with Crippen LogP contribution in [0.15, 0.2) is 18.5 Å². The van der Waals surface area contributed by atoms with Crippen molar-refractivity contribution in [2.24, 2.45) is 17.3 Å². The first kappa shape index (κ1) is 21.7. The first-order valence-corrected chi connectivity index (χ1v) is 12.6. The fourth-order valence-electron chi connectivity index (χ4n) is 5.64. The van der Waals surface area contributed by atoms with Crippen molar-refractivity contribution >= 4 is 34.1 Å². The van der Waals surface area contributed by atoms with Crippen LogP contribution in [-0.2, 0) is 4.79 Å². The number of carbonyl (C=O) groups is 1. The number of hydrogen-bond donors (Lipinski definition) is 3. The van der Waals surface area contributed by atoms with E-state index >= 15 is 0 Å². The standard InChI is InChI=1S/C25H27N5O3S/c1-13-6-7-16(34-13)8-9-18-28-23(26-11-15-4-3-5-15)19-24(29-18)30(12-27-19)20-17-10-25(17,14(2)31)22(33)21(20)32/h6-7,12,15,17,20-22,32-33H,3-5,10-11H2,1-2H3,(H,26,28,29)/t17?,20-,21+,22?,25-/m1/s1. The number of rotatable bonds is 5. The maximum atomic E-state index is 12.3. The van der Waals surface area contributed by atoms with Crippen LogP contribution in [0.4, 0.5) is 5.82 Å². The fourth-order valence-corrected chi connectivity index (χ4v) is 6.36. The highest BCUT2D eigenvalue weighted by molar-refractivity contribution is 7.12. The van der Waals surface area contributed by atoms with Gasteiger partial charge in [-0.2, -0.15) is 0 Å². The molecule has 3 aliphatic carbocycles. The Morgan fingerprint density at radius 3 is 2.76 bits per heavy atom. The van der Waals surface area contributed by atoms with Gasteiger partial charge in [0.25, 0.3) is 0 Å². The van der Waals surface area contributed by atoms with Gasteiger partial charge in [-0.15, -0.1) is 11.3 Å². The molecule has 3 fully saturated rings. The highest BCUT2D eigenvalue weighted by Crippen LogP contribution is 2.68. The number of aryl methyl sites for hydroxylation is 1. The zero-order chi connectivity index (χ0) is 23.6. The minimum Gasteiger partial charge on any atom is -0.389 e. The SMILES string of the molecule is CC(=O)[C@]12CC1[C@@H](n1cnc3c(NCC4CCC4)nc(C#Cc4ccc(C)s4)nc31)[C@H](O)C2O. The normalized spacial score (nSPS) is 29.9. The van der Waals surface area contributed by atoms with Crippen LogP contribution in [0.1, 0.15) is 54.2 Å². The lowest BCUT2D eigenvalue weighted by atomic mass is 9.85. The topological polar surface area (TPSA) is 113 Å². The number of nitrogens with zero attached hydrogens (tertiary/aromatic N) is 4. The van der Waals surface area contributed by atoms with Gasteiger partial charge in [-0.1, -0.05) is 6.42 Å². The molecule has 0 aliphatic heterocycles. The second-order valence-corrected chi connectivity index (χ2v) is 11.2. The number of thiophene rings is 1. The van der Waals surface area contributed by atoms with Gasteiger partial charge in [0, 0.05) is 11.4 Å². The summed E-state index contributed by atoms with van der Waals surface area (Å²) in [6.07, 6.45) is 3.73. The average Bonchev–Trinajstić information content (AvgIpc) is 3.03. The van der Waals surface area contributed by atoms with Gasteiger partial charge < -0.3 is 20.1 Å². The van der Waals surface area contributed by atoms with Crippen molar-refractivity contribution in [3.05, 3.63) is 34.0 Å². The molecule has 5 atom stereocenters. The lowest BCUT2D eigenvalue weighted by Gasteiger charge is -2.25. The van der Waals surface area contributed by atoms with Crippen LogP contribution in [0.5, 0.6) is 0 Å². The Bertz CT molecular complexity index is 1350. The molecule has 0 saturated heterocycles. The van der Waals surface area contributed by atoms with E-state index in [-0.39, 0.29) is 11.7 Å². The van der Waals surface area contributed by atoms with Crippen LogP contribution in [0.2, 0.25) is 0 Å². The Morgan fingerprint density at radius 2 is 2.12 bits per heavy atom. The van der Waals surface area contributed by atoms with Gasteiger partial charge in [-0.25, -0.2) is 15.0 Å². The molecule has 2 unspecified atom stereocenters. The van der Waals surface area contributed by atoms with E-state index in [0.29, 0.717) is 35.1 Å². The Morgan fingerprint density at radius 1 is 1.29 bits per heavy atom. The van der Waals surface area contributed by atoms with E-state index < -0.39 is 23.7 Å². The number of imidazole rings is 1. The van der Waals surface area contributed by atoms with Crippen molar-refractivity contribution in [1.29, 1.82) is 0 Å². The van der Waals surface area contributed by atoms with Gasteiger partial charge in [0.1, 0.15) is 11.9 Å². The molecule has 3 aliphatic rings. The summed E-state index contributed by atoms with van der Waals surface area (Å²) < 4.78 is 1.81. The van der Waals surface area contributed by atoms with Crippen molar-refractivity contribution in [3.63, 3.8) is 0 Å². The quantitative estimate of drug-likeness (QED) is 0.484. The number of nitrogens with one attached hydrogen (secondary N) is 1. The van der Waals surface area contributed by atoms with Gasteiger partial charge in [-0.05, 0) is 68.9 Å². The summed E-state index contributed by atoms with van der Waals surface area (Å²) >= 11 is 1.62. The molecule has 0 amide bonds. The second kappa shape index (κ2) is 7.87. The predicted octanol–water partition coefficient (Wildman–Crippen LogP) is 2.68. The molecule has 3 heterocycles. The van der Waals surface area contributed by atoms with Crippen LogP contribution in [0.25, 0.3) is 11.2 Å². The van der Waals surface area contributed by atoms with Crippen LogP contribution in [-0.4, -0.2) is 54.3 Å². The number of ketones is 1. The highest BCUT2D eigenvalue weighted by atomic mass is 32.1. The molecule has 176 valence electrons. The van der Waals surface area contributed by atoms with Gasteiger partial charge in [0.15, 0.2) is 17.0 Å². The molecule has 3 saturated carbocycles. The molecule has 3 aromatic heterocycles. The maximum Gasteiger partial charge on any atom is 0.209 e. The summed E-state index contributed by atoms with van der Waals surface area (Å²) in [5.41, 5.74) is 0.304. The van der Waals surface area contributed by atoms with Gasteiger partial charge in [0.2, 0.25) is 5.82 Å². The third kappa shape index (κ3) is 3.28. The van der Waals surface area contributed by atoms with E-state index in [9.17, 15) is 15.0 Å². The van der Waals surface area contributed by atoms with E-state index in [1.165, 1.54) is 31.1 Å². The summed E-state index contributed by atoms with van der Waals surface area (Å²) in [7, 11) is 0. The number of Topliss-reactive ketones (excluding diaryl/α,β-unsaturated/α-hetero) is 1. The first-order chi connectivity index (χ1) is 16.4. The summed E-state index contributed by atoms with van der Waals surface area (Å²) in [4.78, 5) is 28.4. The van der Waals surface area contributed by atoms with E-state index in [1.54, 1.807) is 17.7 Å². The first-order valence-electron chi connectivity index (χ1n) is 11.8.